The maximum absolute atomic E-state index is 13.4. The Bertz CT molecular complexity index is 238. The standard InChI is InChI=1S/C10H16FNS/c1-10(2,3)12-6-9(11)8-4-5-13-7-8/h4-5,7,9,12H,6H2,1-3H3. The van der Waals surface area contributed by atoms with Crippen molar-refractivity contribution in [3.63, 3.8) is 0 Å². The summed E-state index contributed by atoms with van der Waals surface area (Å²) >= 11 is 1.53. The lowest BCUT2D eigenvalue weighted by molar-refractivity contribution is 0.292. The van der Waals surface area contributed by atoms with Crippen LogP contribution < -0.4 is 5.32 Å². The van der Waals surface area contributed by atoms with E-state index in [2.05, 4.69) is 5.32 Å². The van der Waals surface area contributed by atoms with Crippen LogP contribution in [0, 0.1) is 0 Å². The summed E-state index contributed by atoms with van der Waals surface area (Å²) in [7, 11) is 0. The first-order valence-electron chi connectivity index (χ1n) is 4.40. The zero-order valence-electron chi connectivity index (χ0n) is 8.30. The van der Waals surface area contributed by atoms with Crippen LogP contribution in [0.15, 0.2) is 16.8 Å². The maximum atomic E-state index is 13.4. The van der Waals surface area contributed by atoms with Crippen molar-refractivity contribution >= 4 is 11.3 Å². The Morgan fingerprint density at radius 3 is 2.69 bits per heavy atom. The molecule has 0 aliphatic rings. The van der Waals surface area contributed by atoms with E-state index >= 15 is 0 Å². The molecule has 1 unspecified atom stereocenters. The molecule has 74 valence electrons. The van der Waals surface area contributed by atoms with Gasteiger partial charge in [0.1, 0.15) is 6.17 Å². The Labute approximate surface area is 83.0 Å². The normalized spacial score (nSPS) is 14.5. The molecule has 1 aromatic rings. The van der Waals surface area contributed by atoms with Crippen molar-refractivity contribution in [1.82, 2.24) is 5.32 Å². The van der Waals surface area contributed by atoms with Gasteiger partial charge in [-0.1, -0.05) is 0 Å². The molecule has 1 nitrogen and oxygen atoms in total. The Kier molecular flexibility index (Phi) is 3.45. The lowest BCUT2D eigenvalue weighted by Crippen LogP contribution is -2.37. The number of nitrogens with one attached hydrogen (secondary N) is 1. The van der Waals surface area contributed by atoms with Gasteiger partial charge >= 0.3 is 0 Å². The number of alkyl halides is 1. The second-order valence-electron chi connectivity index (χ2n) is 4.16. The molecule has 0 amide bonds. The molecule has 0 saturated carbocycles. The Balaban J connectivity index is 2.39. The molecule has 0 aromatic carbocycles. The largest absolute Gasteiger partial charge is 0.309 e. The number of hydrogen-bond acceptors (Lipinski definition) is 2. The first-order valence-corrected chi connectivity index (χ1v) is 5.34. The molecule has 1 rings (SSSR count). The van der Waals surface area contributed by atoms with Crippen LogP contribution in [0.25, 0.3) is 0 Å². The number of hydrogen-bond donors (Lipinski definition) is 1. The third-order valence-corrected chi connectivity index (χ3v) is 2.42. The molecule has 1 aromatic heterocycles. The molecule has 0 saturated heterocycles. The van der Waals surface area contributed by atoms with Gasteiger partial charge in [0.2, 0.25) is 0 Å². The highest BCUT2D eigenvalue weighted by atomic mass is 32.1. The molecule has 0 bridgehead atoms. The zero-order chi connectivity index (χ0) is 9.90. The van der Waals surface area contributed by atoms with Crippen LogP contribution in [0.5, 0.6) is 0 Å². The third kappa shape index (κ3) is 3.87. The van der Waals surface area contributed by atoms with Crippen molar-refractivity contribution in [1.29, 1.82) is 0 Å². The van der Waals surface area contributed by atoms with E-state index in [4.69, 9.17) is 0 Å². The minimum atomic E-state index is -0.884. The molecule has 1 N–H and O–H groups in total. The van der Waals surface area contributed by atoms with Crippen molar-refractivity contribution in [3.8, 4) is 0 Å². The van der Waals surface area contributed by atoms with Crippen molar-refractivity contribution in [3.05, 3.63) is 22.4 Å². The molecular formula is C10H16FNS. The number of halogens is 1. The van der Waals surface area contributed by atoms with Gasteiger partial charge in [-0.05, 0) is 43.2 Å². The minimum absolute atomic E-state index is 0.0135. The van der Waals surface area contributed by atoms with Crippen molar-refractivity contribution in [2.45, 2.75) is 32.5 Å². The summed E-state index contributed by atoms with van der Waals surface area (Å²) in [5.41, 5.74) is 0.766. The van der Waals surface area contributed by atoms with Crippen LogP contribution in [0.3, 0.4) is 0 Å². The highest BCUT2D eigenvalue weighted by molar-refractivity contribution is 7.07. The summed E-state index contributed by atoms with van der Waals surface area (Å²) in [6.45, 7) is 6.49. The summed E-state index contributed by atoms with van der Waals surface area (Å²) in [5, 5.41) is 6.90. The van der Waals surface area contributed by atoms with E-state index in [0.29, 0.717) is 6.54 Å². The van der Waals surface area contributed by atoms with Crippen LogP contribution in [0.2, 0.25) is 0 Å². The fourth-order valence-corrected chi connectivity index (χ4v) is 1.66. The average Bonchev–Trinajstić information content (AvgIpc) is 2.50. The van der Waals surface area contributed by atoms with E-state index in [9.17, 15) is 4.39 Å². The fourth-order valence-electron chi connectivity index (χ4n) is 0.967. The van der Waals surface area contributed by atoms with Crippen molar-refractivity contribution in [2.75, 3.05) is 6.54 Å². The van der Waals surface area contributed by atoms with Gasteiger partial charge in [-0.15, -0.1) is 0 Å². The van der Waals surface area contributed by atoms with Crippen LogP contribution in [0.4, 0.5) is 4.39 Å². The van der Waals surface area contributed by atoms with Crippen LogP contribution in [-0.4, -0.2) is 12.1 Å². The van der Waals surface area contributed by atoms with Gasteiger partial charge in [-0.3, -0.25) is 0 Å². The zero-order valence-corrected chi connectivity index (χ0v) is 9.12. The lowest BCUT2D eigenvalue weighted by atomic mass is 10.1. The van der Waals surface area contributed by atoms with Crippen LogP contribution >= 0.6 is 11.3 Å². The summed E-state index contributed by atoms with van der Waals surface area (Å²) in [4.78, 5) is 0. The van der Waals surface area contributed by atoms with Gasteiger partial charge in [0.05, 0.1) is 0 Å². The predicted molar refractivity (Wildman–Crippen MR) is 55.9 cm³/mol. The summed E-state index contributed by atoms with van der Waals surface area (Å²) in [6.07, 6.45) is -0.884. The molecule has 3 heteroatoms. The van der Waals surface area contributed by atoms with Gasteiger partial charge in [0, 0.05) is 12.1 Å². The monoisotopic (exact) mass is 201 g/mol. The molecule has 0 aliphatic heterocycles. The Hall–Kier alpha value is -0.410. The van der Waals surface area contributed by atoms with Gasteiger partial charge in [-0.25, -0.2) is 4.39 Å². The highest BCUT2D eigenvalue weighted by Gasteiger charge is 2.14. The van der Waals surface area contributed by atoms with Gasteiger partial charge in [-0.2, -0.15) is 11.3 Å². The molecular weight excluding hydrogens is 185 g/mol. The molecule has 0 radical (unpaired) electrons. The van der Waals surface area contributed by atoms with E-state index in [1.54, 1.807) is 0 Å². The summed E-state index contributed by atoms with van der Waals surface area (Å²) in [5.74, 6) is 0. The third-order valence-electron chi connectivity index (χ3n) is 1.72. The first-order chi connectivity index (χ1) is 5.99. The van der Waals surface area contributed by atoms with Crippen molar-refractivity contribution < 1.29 is 4.39 Å². The summed E-state index contributed by atoms with van der Waals surface area (Å²) in [6, 6.07) is 1.83. The van der Waals surface area contributed by atoms with E-state index < -0.39 is 6.17 Å². The Morgan fingerprint density at radius 2 is 2.23 bits per heavy atom. The quantitative estimate of drug-likeness (QED) is 0.792. The summed E-state index contributed by atoms with van der Waals surface area (Å²) < 4.78 is 13.4. The van der Waals surface area contributed by atoms with Crippen LogP contribution in [0.1, 0.15) is 32.5 Å². The van der Waals surface area contributed by atoms with Gasteiger partial charge in [0.25, 0.3) is 0 Å². The lowest BCUT2D eigenvalue weighted by Gasteiger charge is -2.21. The highest BCUT2D eigenvalue weighted by Crippen LogP contribution is 2.19. The topological polar surface area (TPSA) is 12.0 Å². The second kappa shape index (κ2) is 4.20. The van der Waals surface area contributed by atoms with Crippen molar-refractivity contribution in [2.24, 2.45) is 0 Å². The number of thiophene rings is 1. The first kappa shape index (κ1) is 10.7. The van der Waals surface area contributed by atoms with E-state index in [-0.39, 0.29) is 5.54 Å². The Morgan fingerprint density at radius 1 is 1.54 bits per heavy atom. The minimum Gasteiger partial charge on any atom is -0.309 e. The fraction of sp³-hybridized carbons (Fsp3) is 0.600. The molecule has 0 aliphatic carbocycles. The molecule has 13 heavy (non-hydrogen) atoms. The van der Waals surface area contributed by atoms with E-state index in [0.717, 1.165) is 5.56 Å². The van der Waals surface area contributed by atoms with E-state index in [1.807, 2.05) is 37.6 Å². The second-order valence-corrected chi connectivity index (χ2v) is 4.94. The predicted octanol–water partition coefficient (Wildman–Crippen LogP) is 3.15. The van der Waals surface area contributed by atoms with E-state index in [1.165, 1.54) is 11.3 Å². The van der Waals surface area contributed by atoms with Gasteiger partial charge < -0.3 is 5.32 Å². The van der Waals surface area contributed by atoms with Crippen LogP contribution in [-0.2, 0) is 0 Å². The molecule has 0 fully saturated rings. The maximum Gasteiger partial charge on any atom is 0.138 e. The number of rotatable bonds is 3. The molecule has 1 atom stereocenters. The van der Waals surface area contributed by atoms with Gasteiger partial charge in [0.15, 0.2) is 0 Å². The molecule has 0 spiro atoms. The average molecular weight is 201 g/mol. The smallest absolute Gasteiger partial charge is 0.138 e. The SMILES string of the molecule is CC(C)(C)NCC(F)c1ccsc1. The molecule has 1 heterocycles.